The van der Waals surface area contributed by atoms with Crippen molar-refractivity contribution in [1.82, 2.24) is 9.97 Å². The number of imidazole rings is 1. The summed E-state index contributed by atoms with van der Waals surface area (Å²) in [5, 5.41) is 8.95. The van der Waals surface area contributed by atoms with E-state index < -0.39 is 0 Å². The van der Waals surface area contributed by atoms with Crippen LogP contribution in [0, 0.1) is 17.2 Å². The highest BCUT2D eigenvalue weighted by Crippen LogP contribution is 2.30. The van der Waals surface area contributed by atoms with Crippen molar-refractivity contribution in [3.8, 4) is 6.07 Å². The minimum atomic E-state index is 0.264. The quantitative estimate of drug-likeness (QED) is 0.896. The maximum atomic E-state index is 8.95. The van der Waals surface area contributed by atoms with Gasteiger partial charge in [0.05, 0.1) is 23.4 Å². The molecule has 0 radical (unpaired) electrons. The lowest BCUT2D eigenvalue weighted by molar-refractivity contribution is 0.372. The first-order valence-electron chi connectivity index (χ1n) is 6.83. The highest BCUT2D eigenvalue weighted by Gasteiger charge is 2.24. The average molecular weight is 254 g/mol. The second kappa shape index (κ2) is 4.93. The van der Waals surface area contributed by atoms with Gasteiger partial charge in [-0.2, -0.15) is 5.26 Å². The first-order chi connectivity index (χ1) is 9.28. The number of benzene rings is 1. The van der Waals surface area contributed by atoms with E-state index in [1.807, 2.05) is 0 Å². The van der Waals surface area contributed by atoms with Gasteiger partial charge in [-0.3, -0.25) is 0 Å². The van der Waals surface area contributed by atoms with E-state index in [1.54, 1.807) is 6.33 Å². The minimum absolute atomic E-state index is 0.264. The predicted octanol–water partition coefficient (Wildman–Crippen LogP) is 3.08. The number of rotatable bonds is 2. The van der Waals surface area contributed by atoms with E-state index in [0.717, 1.165) is 36.7 Å². The molecule has 1 heterocycles. The fourth-order valence-electron chi connectivity index (χ4n) is 2.95. The molecule has 3 rings (SSSR count). The number of hydrogen-bond donors (Lipinski definition) is 1. The number of aromatic nitrogens is 2. The molecule has 0 bridgehead atoms. The van der Waals surface area contributed by atoms with Crippen LogP contribution in [-0.2, 0) is 0 Å². The number of aromatic amines is 1. The summed E-state index contributed by atoms with van der Waals surface area (Å²) in [6.07, 6.45) is 5.99. The molecule has 1 aliphatic carbocycles. The molecule has 0 saturated heterocycles. The van der Waals surface area contributed by atoms with E-state index in [-0.39, 0.29) is 5.92 Å². The van der Waals surface area contributed by atoms with Gasteiger partial charge in [-0.15, -0.1) is 0 Å². The van der Waals surface area contributed by atoms with Crippen LogP contribution in [0.4, 0.5) is 5.69 Å². The van der Waals surface area contributed by atoms with Gasteiger partial charge in [0.15, 0.2) is 0 Å². The number of nitrogens with one attached hydrogen (secondary N) is 1. The van der Waals surface area contributed by atoms with Crippen molar-refractivity contribution in [3.63, 3.8) is 0 Å². The lowest BCUT2D eigenvalue weighted by Crippen LogP contribution is -2.34. The van der Waals surface area contributed by atoms with Crippen LogP contribution >= 0.6 is 0 Å². The van der Waals surface area contributed by atoms with E-state index in [2.05, 4.69) is 46.2 Å². The first-order valence-corrected chi connectivity index (χ1v) is 6.83. The Kier molecular flexibility index (Phi) is 3.12. The van der Waals surface area contributed by atoms with Crippen molar-refractivity contribution in [2.24, 2.45) is 5.92 Å². The lowest BCUT2D eigenvalue weighted by atomic mass is 9.86. The highest BCUT2D eigenvalue weighted by atomic mass is 15.1. The van der Waals surface area contributed by atoms with Crippen molar-refractivity contribution in [1.29, 1.82) is 5.26 Å². The molecule has 1 aliphatic rings. The van der Waals surface area contributed by atoms with Gasteiger partial charge >= 0.3 is 0 Å². The van der Waals surface area contributed by atoms with Gasteiger partial charge in [0.1, 0.15) is 0 Å². The molecular weight excluding hydrogens is 236 g/mol. The fourth-order valence-corrected chi connectivity index (χ4v) is 2.95. The zero-order chi connectivity index (χ0) is 13.2. The molecule has 0 atom stereocenters. The standard InChI is InChI=1S/C15H18N4/c1-19(12-4-2-11(9-16)3-5-12)13-6-7-14-15(8-13)18-10-17-14/h6-8,10-12H,2-5H2,1H3,(H,17,18). The Morgan fingerprint density at radius 2 is 2.11 bits per heavy atom. The summed E-state index contributed by atoms with van der Waals surface area (Å²) in [5.41, 5.74) is 3.30. The summed E-state index contributed by atoms with van der Waals surface area (Å²) in [6.45, 7) is 0. The first kappa shape index (κ1) is 12.0. The Hall–Kier alpha value is -2.02. The molecule has 1 fully saturated rings. The summed E-state index contributed by atoms with van der Waals surface area (Å²) < 4.78 is 0. The van der Waals surface area contributed by atoms with E-state index in [9.17, 15) is 0 Å². The van der Waals surface area contributed by atoms with Gasteiger partial charge < -0.3 is 9.88 Å². The predicted molar refractivity (Wildman–Crippen MR) is 75.9 cm³/mol. The number of fused-ring (bicyclic) bond motifs is 1. The molecular formula is C15H18N4. The molecule has 1 aromatic heterocycles. The number of anilines is 1. The van der Waals surface area contributed by atoms with E-state index >= 15 is 0 Å². The van der Waals surface area contributed by atoms with Crippen LogP contribution < -0.4 is 4.90 Å². The van der Waals surface area contributed by atoms with Gasteiger partial charge in [0, 0.05) is 24.7 Å². The van der Waals surface area contributed by atoms with Gasteiger partial charge in [-0.25, -0.2) is 4.98 Å². The monoisotopic (exact) mass is 254 g/mol. The Balaban J connectivity index is 1.76. The normalized spacial score (nSPS) is 23.2. The van der Waals surface area contributed by atoms with Crippen molar-refractivity contribution < 1.29 is 0 Å². The Morgan fingerprint density at radius 3 is 2.84 bits per heavy atom. The van der Waals surface area contributed by atoms with Crippen LogP contribution in [0.3, 0.4) is 0 Å². The molecule has 4 heteroatoms. The van der Waals surface area contributed by atoms with Crippen LogP contribution in [0.15, 0.2) is 24.5 Å². The van der Waals surface area contributed by atoms with Crippen LogP contribution in [0.1, 0.15) is 25.7 Å². The molecule has 2 aromatic rings. The Bertz CT molecular complexity index is 602. The highest BCUT2D eigenvalue weighted by molar-refractivity contribution is 5.79. The van der Waals surface area contributed by atoms with E-state index in [1.165, 1.54) is 5.69 Å². The topological polar surface area (TPSA) is 55.7 Å². The molecule has 1 saturated carbocycles. The summed E-state index contributed by atoms with van der Waals surface area (Å²) >= 11 is 0. The van der Waals surface area contributed by atoms with Gasteiger partial charge in [0.2, 0.25) is 0 Å². The van der Waals surface area contributed by atoms with Crippen molar-refractivity contribution >= 4 is 16.7 Å². The maximum absolute atomic E-state index is 8.95. The largest absolute Gasteiger partial charge is 0.372 e. The van der Waals surface area contributed by atoms with Gasteiger partial charge in [-0.05, 0) is 43.9 Å². The molecule has 1 N–H and O–H groups in total. The van der Waals surface area contributed by atoms with E-state index in [0.29, 0.717) is 6.04 Å². The third kappa shape index (κ3) is 2.28. The van der Waals surface area contributed by atoms with E-state index in [4.69, 9.17) is 5.26 Å². The van der Waals surface area contributed by atoms with Crippen LogP contribution in [0.2, 0.25) is 0 Å². The molecule has 1 aromatic carbocycles. The molecule has 0 amide bonds. The van der Waals surface area contributed by atoms with Gasteiger partial charge in [-0.1, -0.05) is 0 Å². The van der Waals surface area contributed by atoms with Crippen molar-refractivity contribution in [3.05, 3.63) is 24.5 Å². The number of hydrogen-bond acceptors (Lipinski definition) is 3. The lowest BCUT2D eigenvalue weighted by Gasteiger charge is -2.34. The third-order valence-corrected chi connectivity index (χ3v) is 4.24. The Labute approximate surface area is 113 Å². The SMILES string of the molecule is CN(c1ccc2nc[nH]c2c1)C1CCC(C#N)CC1. The molecule has 0 aliphatic heterocycles. The van der Waals surface area contributed by atoms with Crippen molar-refractivity contribution in [2.75, 3.05) is 11.9 Å². The zero-order valence-electron chi connectivity index (χ0n) is 11.1. The second-order valence-electron chi connectivity index (χ2n) is 5.35. The smallest absolute Gasteiger partial charge is 0.0931 e. The molecule has 0 spiro atoms. The van der Waals surface area contributed by atoms with Crippen LogP contribution in [0.25, 0.3) is 11.0 Å². The number of H-pyrrole nitrogens is 1. The molecule has 19 heavy (non-hydrogen) atoms. The molecule has 4 nitrogen and oxygen atoms in total. The Morgan fingerprint density at radius 1 is 1.32 bits per heavy atom. The molecule has 0 unspecified atom stereocenters. The second-order valence-corrected chi connectivity index (χ2v) is 5.35. The average Bonchev–Trinajstić information content (AvgIpc) is 2.94. The number of nitriles is 1. The molecule has 98 valence electrons. The van der Waals surface area contributed by atoms with Crippen LogP contribution in [-0.4, -0.2) is 23.1 Å². The van der Waals surface area contributed by atoms with Gasteiger partial charge in [0.25, 0.3) is 0 Å². The summed E-state index contributed by atoms with van der Waals surface area (Å²) in [7, 11) is 2.15. The fraction of sp³-hybridized carbons (Fsp3) is 0.467. The summed E-state index contributed by atoms with van der Waals surface area (Å²) in [4.78, 5) is 9.74. The summed E-state index contributed by atoms with van der Waals surface area (Å²) in [6, 6.07) is 9.27. The zero-order valence-corrected chi connectivity index (χ0v) is 11.1. The third-order valence-electron chi connectivity index (χ3n) is 4.24. The maximum Gasteiger partial charge on any atom is 0.0931 e. The van der Waals surface area contributed by atoms with Crippen LogP contribution in [0.5, 0.6) is 0 Å². The summed E-state index contributed by atoms with van der Waals surface area (Å²) in [5.74, 6) is 0.264. The minimum Gasteiger partial charge on any atom is -0.372 e. The van der Waals surface area contributed by atoms with Crippen molar-refractivity contribution in [2.45, 2.75) is 31.7 Å². The number of nitrogens with zero attached hydrogens (tertiary/aromatic N) is 3.